The quantitative estimate of drug-likeness (QED) is 0.616. The van der Waals surface area contributed by atoms with Gasteiger partial charge in [-0.2, -0.15) is 4.31 Å². The second kappa shape index (κ2) is 8.99. The van der Waals surface area contributed by atoms with Crippen LogP contribution in [0.4, 0.5) is 10.1 Å². The van der Waals surface area contributed by atoms with Crippen LogP contribution in [-0.2, 0) is 19.6 Å². The first-order chi connectivity index (χ1) is 15.3. The Bertz CT molecular complexity index is 1100. The number of hydrogen-bond donors (Lipinski definition) is 0. The molecule has 1 heterocycles. The maximum absolute atomic E-state index is 13.7. The SMILES string of the molecule is COc1ccc(S(=O)(=O)N(C2CCCCC2)C2CC(=O)N(c3ccc(F)cc3)C2=O)cc1. The first kappa shape index (κ1) is 22.4. The van der Waals surface area contributed by atoms with Crippen LogP contribution < -0.4 is 9.64 Å². The van der Waals surface area contributed by atoms with Crippen LogP contribution in [-0.4, -0.2) is 43.7 Å². The van der Waals surface area contributed by atoms with Gasteiger partial charge in [0.15, 0.2) is 0 Å². The number of benzene rings is 2. The normalized spacial score (nSPS) is 20.2. The Morgan fingerprint density at radius 1 is 0.969 bits per heavy atom. The molecule has 170 valence electrons. The largest absolute Gasteiger partial charge is 0.497 e. The van der Waals surface area contributed by atoms with Gasteiger partial charge in [-0.3, -0.25) is 9.59 Å². The van der Waals surface area contributed by atoms with E-state index in [9.17, 15) is 22.4 Å². The minimum atomic E-state index is -4.06. The first-order valence-electron chi connectivity index (χ1n) is 10.6. The lowest BCUT2D eigenvalue weighted by atomic mass is 9.94. The molecule has 2 amide bonds. The van der Waals surface area contributed by atoms with Gasteiger partial charge in [-0.15, -0.1) is 0 Å². The predicted octanol–water partition coefficient (Wildman–Crippen LogP) is 3.49. The van der Waals surface area contributed by atoms with Crippen LogP contribution >= 0.6 is 0 Å². The zero-order chi connectivity index (χ0) is 22.9. The summed E-state index contributed by atoms with van der Waals surface area (Å²) < 4.78 is 47.1. The number of sulfonamides is 1. The molecule has 1 saturated heterocycles. The number of anilines is 1. The number of amides is 2. The summed E-state index contributed by atoms with van der Waals surface area (Å²) in [5.41, 5.74) is 0.231. The average molecular weight is 461 g/mol. The van der Waals surface area contributed by atoms with E-state index in [1.165, 1.54) is 35.7 Å². The van der Waals surface area contributed by atoms with Crippen molar-refractivity contribution in [2.45, 2.75) is 55.5 Å². The molecule has 1 unspecified atom stereocenters. The fourth-order valence-corrected chi connectivity index (χ4v) is 6.33. The number of halogens is 1. The van der Waals surface area contributed by atoms with Crippen molar-refractivity contribution < 1.29 is 27.1 Å². The topological polar surface area (TPSA) is 84.0 Å². The molecule has 1 aliphatic carbocycles. The first-order valence-corrected chi connectivity index (χ1v) is 12.1. The van der Waals surface area contributed by atoms with Crippen molar-refractivity contribution in [3.63, 3.8) is 0 Å². The Morgan fingerprint density at radius 3 is 2.19 bits per heavy atom. The highest BCUT2D eigenvalue weighted by atomic mass is 32.2. The molecular formula is C23H25FN2O5S. The molecule has 4 rings (SSSR count). The van der Waals surface area contributed by atoms with Gasteiger partial charge in [-0.05, 0) is 61.4 Å². The average Bonchev–Trinajstić information content (AvgIpc) is 3.08. The molecule has 2 fully saturated rings. The van der Waals surface area contributed by atoms with Gasteiger partial charge in [0.05, 0.1) is 24.1 Å². The standard InChI is InChI=1S/C23H25FN2O5S/c1-31-19-11-13-20(14-12-19)32(29,30)26(18-5-3-2-4-6-18)21-15-22(27)25(23(21)28)17-9-7-16(24)8-10-17/h7-14,18,21H,2-6,15H2,1H3. The van der Waals surface area contributed by atoms with E-state index in [1.807, 2.05) is 0 Å². The van der Waals surface area contributed by atoms with Gasteiger partial charge >= 0.3 is 0 Å². The van der Waals surface area contributed by atoms with E-state index in [2.05, 4.69) is 0 Å². The fourth-order valence-electron chi connectivity index (χ4n) is 4.50. The summed E-state index contributed by atoms with van der Waals surface area (Å²) in [5, 5.41) is 0. The van der Waals surface area contributed by atoms with E-state index in [1.54, 1.807) is 12.1 Å². The van der Waals surface area contributed by atoms with Crippen LogP contribution in [0.1, 0.15) is 38.5 Å². The summed E-state index contributed by atoms with van der Waals surface area (Å²) in [4.78, 5) is 27.1. The lowest BCUT2D eigenvalue weighted by Crippen LogP contribution is -2.51. The van der Waals surface area contributed by atoms with Gasteiger partial charge in [-0.1, -0.05) is 19.3 Å². The minimum Gasteiger partial charge on any atom is -0.497 e. The third-order valence-corrected chi connectivity index (χ3v) is 8.06. The Labute approximate surface area is 186 Å². The van der Waals surface area contributed by atoms with Crippen molar-refractivity contribution in [1.29, 1.82) is 0 Å². The minimum absolute atomic E-state index is 0.0457. The summed E-state index contributed by atoms with van der Waals surface area (Å²) in [7, 11) is -2.57. The summed E-state index contributed by atoms with van der Waals surface area (Å²) in [5.74, 6) is -1.08. The van der Waals surface area contributed by atoms with Gasteiger partial charge in [-0.25, -0.2) is 17.7 Å². The molecule has 2 aromatic carbocycles. The van der Waals surface area contributed by atoms with Crippen LogP contribution in [0.15, 0.2) is 53.4 Å². The van der Waals surface area contributed by atoms with Crippen LogP contribution in [0.25, 0.3) is 0 Å². The van der Waals surface area contributed by atoms with Crippen LogP contribution in [0.3, 0.4) is 0 Å². The number of carbonyl (C=O) groups excluding carboxylic acids is 2. The van der Waals surface area contributed by atoms with Gasteiger partial charge in [0, 0.05) is 6.04 Å². The maximum atomic E-state index is 13.7. The molecule has 2 aromatic rings. The second-order valence-corrected chi connectivity index (χ2v) is 9.91. The number of methoxy groups -OCH3 is 1. The van der Waals surface area contributed by atoms with Crippen molar-refractivity contribution in [3.05, 3.63) is 54.3 Å². The van der Waals surface area contributed by atoms with E-state index in [0.29, 0.717) is 18.6 Å². The zero-order valence-corrected chi connectivity index (χ0v) is 18.6. The Balaban J connectivity index is 1.72. The van der Waals surface area contributed by atoms with Crippen LogP contribution in [0.2, 0.25) is 0 Å². The highest BCUT2D eigenvalue weighted by Gasteiger charge is 2.49. The summed E-state index contributed by atoms with van der Waals surface area (Å²) in [6, 6.07) is 9.51. The van der Waals surface area contributed by atoms with E-state index in [-0.39, 0.29) is 23.0 Å². The van der Waals surface area contributed by atoms with E-state index >= 15 is 0 Å². The highest BCUT2D eigenvalue weighted by molar-refractivity contribution is 7.89. The van der Waals surface area contributed by atoms with Crippen molar-refractivity contribution in [2.75, 3.05) is 12.0 Å². The molecule has 0 spiro atoms. The number of ether oxygens (including phenoxy) is 1. The molecule has 0 bridgehead atoms. The molecule has 32 heavy (non-hydrogen) atoms. The third-order valence-electron chi connectivity index (χ3n) is 6.08. The summed E-state index contributed by atoms with van der Waals surface area (Å²) >= 11 is 0. The van der Waals surface area contributed by atoms with E-state index < -0.39 is 33.7 Å². The van der Waals surface area contributed by atoms with Crippen molar-refractivity contribution in [3.8, 4) is 5.75 Å². The highest BCUT2D eigenvalue weighted by Crippen LogP contribution is 2.35. The molecule has 1 aliphatic heterocycles. The molecule has 0 N–H and O–H groups in total. The van der Waals surface area contributed by atoms with Crippen molar-refractivity contribution in [2.24, 2.45) is 0 Å². The molecule has 0 aromatic heterocycles. The Kier molecular flexibility index (Phi) is 6.30. The molecular weight excluding hydrogens is 435 g/mol. The Morgan fingerprint density at radius 2 is 1.59 bits per heavy atom. The number of imide groups is 1. The van der Waals surface area contributed by atoms with E-state index in [4.69, 9.17) is 4.74 Å². The summed E-state index contributed by atoms with van der Waals surface area (Å²) in [6.07, 6.45) is 3.73. The van der Waals surface area contributed by atoms with Crippen molar-refractivity contribution >= 4 is 27.5 Å². The zero-order valence-electron chi connectivity index (χ0n) is 17.7. The maximum Gasteiger partial charge on any atom is 0.252 e. The second-order valence-electron chi connectivity index (χ2n) is 8.07. The number of nitrogens with zero attached hydrogens (tertiary/aromatic N) is 2. The molecule has 1 saturated carbocycles. The molecule has 1 atom stereocenters. The monoisotopic (exact) mass is 460 g/mol. The molecule has 0 radical (unpaired) electrons. The molecule has 2 aliphatic rings. The summed E-state index contributed by atoms with van der Waals surface area (Å²) in [6.45, 7) is 0. The smallest absolute Gasteiger partial charge is 0.252 e. The van der Waals surface area contributed by atoms with Crippen LogP contribution in [0.5, 0.6) is 5.75 Å². The number of carbonyl (C=O) groups is 2. The van der Waals surface area contributed by atoms with E-state index in [0.717, 1.165) is 36.3 Å². The Hall–Kier alpha value is -2.78. The van der Waals surface area contributed by atoms with Gasteiger partial charge in [0.2, 0.25) is 15.9 Å². The lowest BCUT2D eigenvalue weighted by Gasteiger charge is -2.36. The van der Waals surface area contributed by atoms with Gasteiger partial charge < -0.3 is 4.74 Å². The lowest BCUT2D eigenvalue weighted by molar-refractivity contribution is -0.122. The van der Waals surface area contributed by atoms with Crippen LogP contribution in [0, 0.1) is 5.82 Å². The molecule has 7 nitrogen and oxygen atoms in total. The fraction of sp³-hybridized carbons (Fsp3) is 0.391. The third kappa shape index (κ3) is 4.14. The number of rotatable bonds is 6. The van der Waals surface area contributed by atoms with Crippen molar-refractivity contribution in [1.82, 2.24) is 4.31 Å². The number of hydrogen-bond acceptors (Lipinski definition) is 5. The predicted molar refractivity (Wildman–Crippen MR) is 116 cm³/mol. The van der Waals surface area contributed by atoms with Gasteiger partial charge in [0.25, 0.3) is 5.91 Å². The van der Waals surface area contributed by atoms with Gasteiger partial charge in [0.1, 0.15) is 17.6 Å². The molecule has 9 heteroatoms.